The van der Waals surface area contributed by atoms with Crippen LogP contribution in [-0.4, -0.2) is 148 Å². The molecule has 1 aromatic rings. The van der Waals surface area contributed by atoms with Gasteiger partial charge in [0, 0.05) is 32.6 Å². The molecule has 0 aromatic heterocycles. The summed E-state index contributed by atoms with van der Waals surface area (Å²) in [7, 11) is 0. The van der Waals surface area contributed by atoms with Crippen LogP contribution in [0.3, 0.4) is 0 Å². The number of aliphatic carboxylic acids is 1. The predicted molar refractivity (Wildman–Crippen MR) is 194 cm³/mol. The zero-order valence-electron chi connectivity index (χ0n) is 30.2. The van der Waals surface area contributed by atoms with Gasteiger partial charge in [-0.05, 0) is 56.9 Å². The summed E-state index contributed by atoms with van der Waals surface area (Å²) in [6, 6.07) is 2.47. The highest BCUT2D eigenvalue weighted by atomic mass is 16.4. The minimum absolute atomic E-state index is 0.00159. The summed E-state index contributed by atoms with van der Waals surface area (Å²) in [6.45, 7) is -0.212. The van der Waals surface area contributed by atoms with E-state index in [0.717, 1.165) is 4.90 Å². The van der Waals surface area contributed by atoms with Gasteiger partial charge in [0.1, 0.15) is 30.2 Å². The normalized spacial score (nSPS) is 21.1. The Labute approximate surface area is 313 Å². The van der Waals surface area contributed by atoms with Crippen molar-refractivity contribution in [3.8, 4) is 0 Å². The van der Waals surface area contributed by atoms with Crippen molar-refractivity contribution in [2.24, 2.45) is 22.2 Å². The first kappa shape index (κ1) is 41.5. The summed E-state index contributed by atoms with van der Waals surface area (Å²) in [6.07, 6.45) is 3.41. The van der Waals surface area contributed by atoms with Crippen LogP contribution in [0.25, 0.3) is 0 Å². The number of aliphatic hydroxyl groups excluding tert-OH is 1. The molecule has 54 heavy (non-hydrogen) atoms. The van der Waals surface area contributed by atoms with Crippen molar-refractivity contribution in [1.82, 2.24) is 30.7 Å². The maximum absolute atomic E-state index is 13.7. The number of hydrogen-bond donors (Lipinski definition) is 8. The number of carboxylic acid groups (broad SMARTS) is 1. The van der Waals surface area contributed by atoms with Crippen LogP contribution in [0.1, 0.15) is 56.9 Å². The Balaban J connectivity index is 1.35. The number of nitrogens with two attached hydrogens (primary N) is 3. The van der Waals surface area contributed by atoms with Gasteiger partial charge >= 0.3 is 5.97 Å². The maximum atomic E-state index is 13.7. The Bertz CT molecular complexity index is 1560. The molecule has 19 nitrogen and oxygen atoms in total. The van der Waals surface area contributed by atoms with E-state index < -0.39 is 79.0 Å². The van der Waals surface area contributed by atoms with Gasteiger partial charge in [-0.3, -0.25) is 33.8 Å². The molecule has 3 fully saturated rings. The Morgan fingerprint density at radius 3 is 2.06 bits per heavy atom. The molecule has 6 atom stereocenters. The number of aliphatic imine (C=N–C) groups is 1. The number of nitrogens with one attached hydrogen (secondary N) is 3. The number of nitrogens with zero attached hydrogens (tertiary/aromatic N) is 4. The predicted octanol–water partition coefficient (Wildman–Crippen LogP) is -3.25. The van der Waals surface area contributed by atoms with Crippen molar-refractivity contribution >= 4 is 47.4 Å². The molecule has 4 rings (SSSR count). The van der Waals surface area contributed by atoms with Crippen molar-refractivity contribution in [2.45, 2.75) is 94.0 Å². The Morgan fingerprint density at radius 2 is 1.43 bits per heavy atom. The molecule has 3 aliphatic rings. The number of rotatable bonds is 17. The van der Waals surface area contributed by atoms with E-state index in [2.05, 4.69) is 20.9 Å². The third kappa shape index (κ3) is 10.9. The quantitative estimate of drug-likeness (QED) is 0.0442. The highest BCUT2D eigenvalue weighted by molar-refractivity contribution is 5.96. The summed E-state index contributed by atoms with van der Waals surface area (Å²) >= 11 is 0. The van der Waals surface area contributed by atoms with Gasteiger partial charge in [-0.15, -0.1) is 0 Å². The Hall–Kier alpha value is -5.30. The summed E-state index contributed by atoms with van der Waals surface area (Å²) < 4.78 is 0. The molecule has 0 unspecified atom stereocenters. The van der Waals surface area contributed by atoms with Crippen LogP contribution in [-0.2, 0) is 40.0 Å². The molecule has 3 aliphatic heterocycles. The van der Waals surface area contributed by atoms with E-state index >= 15 is 0 Å². The number of guanidine groups is 1. The molecule has 11 N–H and O–H groups in total. The topological polar surface area (TPSA) is 296 Å². The Morgan fingerprint density at radius 1 is 0.815 bits per heavy atom. The fourth-order valence-corrected chi connectivity index (χ4v) is 7.17. The van der Waals surface area contributed by atoms with Crippen LogP contribution in [0.4, 0.5) is 0 Å². The van der Waals surface area contributed by atoms with E-state index in [1.165, 1.54) is 9.80 Å². The van der Waals surface area contributed by atoms with Crippen molar-refractivity contribution in [2.75, 3.05) is 39.3 Å². The van der Waals surface area contributed by atoms with E-state index in [1.807, 2.05) is 0 Å². The van der Waals surface area contributed by atoms with Crippen LogP contribution in [0.2, 0.25) is 0 Å². The minimum Gasteiger partial charge on any atom is -0.480 e. The van der Waals surface area contributed by atoms with Crippen LogP contribution < -0.4 is 33.2 Å². The smallest absolute Gasteiger partial charge is 0.326 e. The van der Waals surface area contributed by atoms with Crippen molar-refractivity contribution in [1.29, 1.82) is 0 Å². The first-order chi connectivity index (χ1) is 25.8. The fraction of sp³-hybridized carbons (Fsp3) is 0.600. The summed E-state index contributed by atoms with van der Waals surface area (Å²) in [5.41, 5.74) is 17.5. The van der Waals surface area contributed by atoms with Gasteiger partial charge in [0.05, 0.1) is 19.2 Å². The second-order valence-electron chi connectivity index (χ2n) is 13.7. The number of aliphatic hydroxyl groups is 1. The first-order valence-electron chi connectivity index (χ1n) is 18.3. The lowest BCUT2D eigenvalue weighted by Crippen LogP contribution is -2.58. The van der Waals surface area contributed by atoms with E-state index in [-0.39, 0.29) is 37.2 Å². The number of carbonyl (C=O) groups excluding carboxylic acids is 6. The molecule has 0 saturated carbocycles. The number of carboxylic acids is 1. The lowest BCUT2D eigenvalue weighted by molar-refractivity contribution is -0.150. The number of carbonyl (C=O) groups is 7. The fourth-order valence-electron chi connectivity index (χ4n) is 7.17. The Kier molecular flexibility index (Phi) is 15.1. The highest BCUT2D eigenvalue weighted by Gasteiger charge is 2.43. The van der Waals surface area contributed by atoms with Crippen LogP contribution in [0, 0.1) is 0 Å². The van der Waals surface area contributed by atoms with Gasteiger partial charge in [-0.1, -0.05) is 30.3 Å². The molecule has 0 spiro atoms. The van der Waals surface area contributed by atoms with Gasteiger partial charge in [-0.2, -0.15) is 0 Å². The van der Waals surface area contributed by atoms with Crippen molar-refractivity contribution < 1.29 is 43.8 Å². The SMILES string of the molecule is NC(N)=NCCC[C@H](N)C(=O)N1CCC[C@H]1C(=O)N1CCC[C@H]1C(=O)NCC(=O)N[C@H](Cc1ccccc1)C(=O)N[C@@H](CO)C(=O)N1CCC[C@H]1C(=O)O. The molecule has 296 valence electrons. The molecule has 0 bridgehead atoms. The molecule has 3 heterocycles. The zero-order chi connectivity index (χ0) is 39.4. The second kappa shape index (κ2) is 19.7. The van der Waals surface area contributed by atoms with E-state index in [9.17, 15) is 43.8 Å². The molecular weight excluding hydrogens is 704 g/mol. The van der Waals surface area contributed by atoms with Gasteiger partial charge in [0.2, 0.25) is 35.4 Å². The number of benzene rings is 1. The second-order valence-corrected chi connectivity index (χ2v) is 13.7. The standard InChI is InChI=1S/C35H52N10O9/c36-22(10-4-14-39-35(37)38)31(50)44-16-6-12-26(44)33(52)43-15-5-11-25(43)30(49)40-19-28(47)41-23(18-21-8-2-1-3-9-21)29(48)42-24(20-46)32(51)45-17-7-13-27(45)34(53)54/h1-3,8-9,22-27,46H,4-7,10-20,36H2,(H,40,49)(H,41,47)(H,42,48)(H,53,54)(H4,37,38,39)/t22-,23+,24-,25-,26-,27-/m0/s1. The van der Waals surface area contributed by atoms with Gasteiger partial charge < -0.3 is 58.1 Å². The van der Waals surface area contributed by atoms with Gasteiger partial charge in [0.15, 0.2) is 5.96 Å². The molecule has 0 aliphatic carbocycles. The van der Waals surface area contributed by atoms with E-state index in [1.54, 1.807) is 30.3 Å². The van der Waals surface area contributed by atoms with Gasteiger partial charge in [-0.25, -0.2) is 4.79 Å². The highest BCUT2D eigenvalue weighted by Crippen LogP contribution is 2.26. The average Bonchev–Trinajstić information content (AvgIpc) is 3.95. The van der Waals surface area contributed by atoms with E-state index in [0.29, 0.717) is 70.1 Å². The molecule has 19 heteroatoms. The number of amides is 6. The largest absolute Gasteiger partial charge is 0.480 e. The summed E-state index contributed by atoms with van der Waals surface area (Å²) in [5, 5.41) is 27.1. The van der Waals surface area contributed by atoms with Crippen LogP contribution in [0.15, 0.2) is 35.3 Å². The monoisotopic (exact) mass is 756 g/mol. The third-order valence-electron chi connectivity index (χ3n) is 9.92. The third-order valence-corrected chi connectivity index (χ3v) is 9.92. The molecule has 3 saturated heterocycles. The maximum Gasteiger partial charge on any atom is 0.326 e. The molecule has 6 amide bonds. The van der Waals surface area contributed by atoms with E-state index in [4.69, 9.17) is 17.2 Å². The lowest BCUT2D eigenvalue weighted by atomic mass is 10.0. The van der Waals surface area contributed by atoms with Gasteiger partial charge in [0.25, 0.3) is 0 Å². The van der Waals surface area contributed by atoms with Crippen molar-refractivity contribution in [3.05, 3.63) is 35.9 Å². The number of hydrogen-bond acceptors (Lipinski definition) is 10. The zero-order valence-corrected chi connectivity index (χ0v) is 30.2. The lowest BCUT2D eigenvalue weighted by Gasteiger charge is -2.32. The molecule has 1 aromatic carbocycles. The average molecular weight is 757 g/mol. The molecule has 0 radical (unpaired) electrons. The van der Waals surface area contributed by atoms with Crippen LogP contribution >= 0.6 is 0 Å². The van der Waals surface area contributed by atoms with Crippen molar-refractivity contribution in [3.63, 3.8) is 0 Å². The minimum atomic E-state index is -1.45. The first-order valence-corrected chi connectivity index (χ1v) is 18.3. The van der Waals surface area contributed by atoms with Crippen LogP contribution in [0.5, 0.6) is 0 Å². The summed E-state index contributed by atoms with van der Waals surface area (Å²) in [4.78, 5) is 99.6. The number of likely N-dealkylation sites (tertiary alicyclic amines) is 3. The summed E-state index contributed by atoms with van der Waals surface area (Å²) in [5.74, 6) is -4.83. The molecular formula is C35H52N10O9.